The van der Waals surface area contributed by atoms with E-state index >= 15 is 0 Å². The van der Waals surface area contributed by atoms with Crippen LogP contribution in [0, 0.1) is 5.92 Å². The number of carbonyl (C=O) groups is 2. The van der Waals surface area contributed by atoms with Gasteiger partial charge in [-0.25, -0.2) is 0 Å². The van der Waals surface area contributed by atoms with Crippen molar-refractivity contribution < 1.29 is 14.3 Å². The number of rotatable bonds is 5. The Kier molecular flexibility index (Phi) is 6.01. The molecular formula is C20H30N4O3. The van der Waals surface area contributed by atoms with Gasteiger partial charge in [-0.2, -0.15) is 0 Å². The first-order valence-corrected chi connectivity index (χ1v) is 9.68. The summed E-state index contributed by atoms with van der Waals surface area (Å²) in [5.41, 5.74) is 7.29. The fraction of sp³-hybridized carbons (Fsp3) is 0.600. The van der Waals surface area contributed by atoms with Gasteiger partial charge in [0.25, 0.3) is 0 Å². The van der Waals surface area contributed by atoms with Crippen LogP contribution in [-0.4, -0.2) is 55.0 Å². The molecule has 7 heteroatoms. The van der Waals surface area contributed by atoms with Gasteiger partial charge in [-0.15, -0.1) is 0 Å². The highest BCUT2D eigenvalue weighted by Gasteiger charge is 2.36. The van der Waals surface area contributed by atoms with E-state index in [4.69, 9.17) is 4.74 Å². The fourth-order valence-electron chi connectivity index (χ4n) is 4.07. The largest absolute Gasteiger partial charge is 0.497 e. The van der Waals surface area contributed by atoms with Crippen molar-refractivity contribution in [2.24, 2.45) is 5.92 Å². The number of hydrogen-bond donors (Lipinski definition) is 2. The van der Waals surface area contributed by atoms with Crippen molar-refractivity contribution in [3.63, 3.8) is 0 Å². The molecule has 2 amide bonds. The van der Waals surface area contributed by atoms with Gasteiger partial charge in [0.1, 0.15) is 11.8 Å². The highest BCUT2D eigenvalue weighted by Crippen LogP contribution is 2.25. The maximum Gasteiger partial charge on any atom is 0.249 e. The highest BCUT2D eigenvalue weighted by molar-refractivity contribution is 6.00. The summed E-state index contributed by atoms with van der Waals surface area (Å²) in [5, 5.41) is 0. The second-order valence-electron chi connectivity index (χ2n) is 7.52. The van der Waals surface area contributed by atoms with Gasteiger partial charge in [0.2, 0.25) is 11.8 Å². The molecule has 1 aromatic carbocycles. The minimum atomic E-state index is -0.442. The Morgan fingerprint density at radius 3 is 2.33 bits per heavy atom. The number of piperazine rings is 1. The molecule has 27 heavy (non-hydrogen) atoms. The van der Waals surface area contributed by atoms with Gasteiger partial charge >= 0.3 is 0 Å². The number of hydrazine groups is 1. The molecule has 2 aliphatic heterocycles. The van der Waals surface area contributed by atoms with Crippen LogP contribution in [-0.2, 0) is 9.59 Å². The van der Waals surface area contributed by atoms with Crippen LogP contribution in [0.3, 0.4) is 0 Å². The summed E-state index contributed by atoms with van der Waals surface area (Å²) in [6.45, 7) is 7.15. The Morgan fingerprint density at radius 1 is 1.11 bits per heavy atom. The zero-order chi connectivity index (χ0) is 19.6. The van der Waals surface area contributed by atoms with E-state index in [0.717, 1.165) is 17.9 Å². The number of hydrogen-bond acceptors (Lipinski definition) is 5. The summed E-state index contributed by atoms with van der Waals surface area (Å²) >= 11 is 0. The van der Waals surface area contributed by atoms with Crippen molar-refractivity contribution in [1.82, 2.24) is 15.8 Å². The number of ether oxygens (including phenoxy) is 1. The van der Waals surface area contributed by atoms with E-state index in [9.17, 15) is 9.59 Å². The average Bonchev–Trinajstić information content (AvgIpc) is 3.00. The van der Waals surface area contributed by atoms with Crippen molar-refractivity contribution in [3.05, 3.63) is 24.3 Å². The summed E-state index contributed by atoms with van der Waals surface area (Å²) in [5.74, 6) is 1.20. The molecule has 0 aliphatic carbocycles. The Bertz CT molecular complexity index is 668. The van der Waals surface area contributed by atoms with Gasteiger partial charge in [0.15, 0.2) is 0 Å². The van der Waals surface area contributed by atoms with Gasteiger partial charge in [-0.1, -0.05) is 0 Å². The first-order valence-electron chi connectivity index (χ1n) is 9.68. The molecule has 3 rings (SSSR count). The third-order valence-electron chi connectivity index (χ3n) is 5.87. The second-order valence-corrected chi connectivity index (χ2v) is 7.52. The predicted molar refractivity (Wildman–Crippen MR) is 104 cm³/mol. The summed E-state index contributed by atoms with van der Waals surface area (Å²) in [6, 6.07) is 7.70. The van der Waals surface area contributed by atoms with Crippen LogP contribution in [0.15, 0.2) is 24.3 Å². The topological polar surface area (TPSA) is 73.9 Å². The molecule has 148 valence electrons. The lowest BCUT2D eigenvalue weighted by Crippen LogP contribution is -2.57. The van der Waals surface area contributed by atoms with Crippen LogP contribution in [0.5, 0.6) is 5.75 Å². The third-order valence-corrected chi connectivity index (χ3v) is 5.87. The van der Waals surface area contributed by atoms with Crippen molar-refractivity contribution in [2.45, 2.75) is 51.7 Å². The Balaban J connectivity index is 1.59. The summed E-state index contributed by atoms with van der Waals surface area (Å²) in [7, 11) is 1.62. The molecule has 2 saturated heterocycles. The monoisotopic (exact) mass is 374 g/mol. The summed E-state index contributed by atoms with van der Waals surface area (Å²) < 4.78 is 5.17. The molecule has 1 aromatic rings. The van der Waals surface area contributed by atoms with E-state index in [1.54, 1.807) is 16.9 Å². The lowest BCUT2D eigenvalue weighted by molar-refractivity contribution is -0.141. The van der Waals surface area contributed by atoms with Gasteiger partial charge in [-0.05, 0) is 57.4 Å². The first kappa shape index (κ1) is 19.6. The average molecular weight is 374 g/mol. The number of nitrogens with one attached hydrogen (secondary N) is 2. The number of amides is 2. The molecule has 2 fully saturated rings. The number of nitrogens with zero attached hydrogens (tertiary/aromatic N) is 2. The molecule has 0 aromatic heterocycles. The minimum Gasteiger partial charge on any atom is -0.497 e. The van der Waals surface area contributed by atoms with Crippen LogP contribution in [0.1, 0.15) is 33.6 Å². The summed E-state index contributed by atoms with van der Waals surface area (Å²) in [4.78, 5) is 29.1. The highest BCUT2D eigenvalue weighted by atomic mass is 16.5. The first-order chi connectivity index (χ1) is 12.9. The molecular weight excluding hydrogens is 344 g/mol. The van der Waals surface area contributed by atoms with Crippen LogP contribution >= 0.6 is 0 Å². The third kappa shape index (κ3) is 4.09. The maximum absolute atomic E-state index is 12.8. The standard InChI is InChI=1S/C20H30N4O3/c1-13-18(14(2)22-21-13)9-10-19(25)23-11-12-24(20(26)15(23)3)16-5-7-17(27-4)8-6-16/h5-8,13-15,18,21-22H,9-12H2,1-4H3. The zero-order valence-electron chi connectivity index (χ0n) is 16.6. The Labute approximate surface area is 161 Å². The second kappa shape index (κ2) is 8.27. The molecule has 7 nitrogen and oxygen atoms in total. The van der Waals surface area contributed by atoms with Crippen molar-refractivity contribution >= 4 is 17.5 Å². The van der Waals surface area contributed by atoms with Gasteiger partial charge in [-0.3, -0.25) is 20.4 Å². The van der Waals surface area contributed by atoms with Crippen LogP contribution in [0.4, 0.5) is 5.69 Å². The molecule has 2 N–H and O–H groups in total. The van der Waals surface area contributed by atoms with E-state index in [1.807, 2.05) is 31.2 Å². The lowest BCUT2D eigenvalue weighted by atomic mass is 9.91. The number of benzene rings is 1. The molecule has 0 spiro atoms. The van der Waals surface area contributed by atoms with E-state index in [1.165, 1.54) is 0 Å². The van der Waals surface area contributed by atoms with Gasteiger partial charge in [0, 0.05) is 37.3 Å². The van der Waals surface area contributed by atoms with Crippen molar-refractivity contribution in [1.29, 1.82) is 0 Å². The maximum atomic E-state index is 12.8. The smallest absolute Gasteiger partial charge is 0.249 e. The number of carbonyl (C=O) groups excluding carboxylic acids is 2. The van der Waals surface area contributed by atoms with Crippen LogP contribution in [0.2, 0.25) is 0 Å². The van der Waals surface area contributed by atoms with Crippen molar-refractivity contribution in [2.75, 3.05) is 25.1 Å². The number of anilines is 1. The van der Waals surface area contributed by atoms with Crippen LogP contribution in [0.25, 0.3) is 0 Å². The molecule has 3 atom stereocenters. The molecule has 0 saturated carbocycles. The van der Waals surface area contributed by atoms with E-state index in [0.29, 0.717) is 37.5 Å². The van der Waals surface area contributed by atoms with Crippen LogP contribution < -0.4 is 20.5 Å². The molecule has 3 unspecified atom stereocenters. The van der Waals surface area contributed by atoms with Crippen molar-refractivity contribution in [3.8, 4) is 5.75 Å². The molecule has 0 bridgehead atoms. The van der Waals surface area contributed by atoms with E-state index in [2.05, 4.69) is 24.7 Å². The lowest BCUT2D eigenvalue weighted by Gasteiger charge is -2.39. The number of methoxy groups -OCH3 is 1. The van der Waals surface area contributed by atoms with Gasteiger partial charge < -0.3 is 14.5 Å². The van der Waals surface area contributed by atoms with Gasteiger partial charge in [0.05, 0.1) is 7.11 Å². The van der Waals surface area contributed by atoms with E-state index < -0.39 is 6.04 Å². The molecule has 2 heterocycles. The molecule has 2 aliphatic rings. The Hall–Kier alpha value is -2.12. The normalized spacial score (nSPS) is 28.5. The quantitative estimate of drug-likeness (QED) is 0.818. The molecule has 0 radical (unpaired) electrons. The SMILES string of the molecule is COc1ccc(N2CCN(C(=O)CCC3C(C)NNC3C)C(C)C2=O)cc1. The zero-order valence-corrected chi connectivity index (χ0v) is 16.6. The fourth-order valence-corrected chi connectivity index (χ4v) is 4.07. The minimum absolute atomic E-state index is 0.0364. The van der Waals surface area contributed by atoms with E-state index in [-0.39, 0.29) is 11.8 Å². The Morgan fingerprint density at radius 2 is 1.74 bits per heavy atom. The summed E-state index contributed by atoms with van der Waals surface area (Å²) in [6.07, 6.45) is 1.30. The predicted octanol–water partition coefficient (Wildman–Crippen LogP) is 1.54.